The maximum absolute atomic E-state index is 8.36. The van der Waals surface area contributed by atoms with Gasteiger partial charge in [-0.3, -0.25) is 4.79 Å². The molecule has 0 radical (unpaired) electrons. The molecule has 0 fully saturated rings. The van der Waals surface area contributed by atoms with Crippen molar-refractivity contribution < 1.29 is 9.90 Å². The third-order valence-corrected chi connectivity index (χ3v) is 0. The Morgan fingerprint density at radius 3 is 1.71 bits per heavy atom. The van der Waals surface area contributed by atoms with E-state index in [1.807, 2.05) is 0 Å². The first-order valence-electron chi connectivity index (χ1n) is 1.51. The Bertz CT molecular complexity index is 35.2. The fraction of sp³-hybridized carbons (Fsp3) is 0.667. The number of carbonyl (C=O) groups is 1. The molecule has 0 atom stereocenters. The first-order valence-corrected chi connectivity index (χ1v) is 2.38. The summed E-state index contributed by atoms with van der Waals surface area (Å²) in [5, 5.41) is 6.89. The monoisotopic (exact) mass is 144 g/mol. The van der Waals surface area contributed by atoms with Crippen LogP contribution in [0.5, 0.6) is 0 Å². The summed E-state index contributed by atoms with van der Waals surface area (Å²) < 4.78 is 0. The van der Waals surface area contributed by atoms with Crippen LogP contribution in [0.1, 0.15) is 6.92 Å². The van der Waals surface area contributed by atoms with Gasteiger partial charge in [0.15, 0.2) is 0 Å². The summed E-state index contributed by atoms with van der Waals surface area (Å²) in [6, 6.07) is 0. The van der Waals surface area contributed by atoms with Crippen molar-refractivity contribution in [3.63, 3.8) is 0 Å². The molecule has 0 aromatic heterocycles. The lowest BCUT2D eigenvalue weighted by Gasteiger charge is -1.72. The van der Waals surface area contributed by atoms with Crippen LogP contribution in [0, 0.1) is 0 Å². The predicted octanol–water partition coefficient (Wildman–Crippen LogP) is 1.51. The highest BCUT2D eigenvalue weighted by atomic mass is 35.5. The van der Waals surface area contributed by atoms with E-state index in [-0.39, 0.29) is 11.3 Å². The number of halogens is 2. The van der Waals surface area contributed by atoms with E-state index in [2.05, 4.69) is 0 Å². The predicted molar refractivity (Wildman–Crippen MR) is 29.9 cm³/mol. The molecule has 0 amide bonds. The molecule has 0 saturated carbocycles. The molecule has 0 aliphatic carbocycles. The van der Waals surface area contributed by atoms with Crippen LogP contribution >= 0.6 is 23.2 Å². The number of rotatable bonds is 0. The SMILES string of the molecule is CC(Cl)Cl.O=CO. The summed E-state index contributed by atoms with van der Waals surface area (Å²) in [6.07, 6.45) is 0. The van der Waals surface area contributed by atoms with Gasteiger partial charge >= 0.3 is 0 Å². The quantitative estimate of drug-likeness (QED) is 0.414. The van der Waals surface area contributed by atoms with Crippen molar-refractivity contribution >= 4 is 29.7 Å². The molecule has 0 aliphatic rings. The minimum atomic E-state index is -0.250. The van der Waals surface area contributed by atoms with Gasteiger partial charge in [-0.05, 0) is 6.92 Å². The minimum Gasteiger partial charge on any atom is -0.483 e. The van der Waals surface area contributed by atoms with Crippen molar-refractivity contribution in [1.29, 1.82) is 0 Å². The third-order valence-electron chi connectivity index (χ3n) is 0. The van der Waals surface area contributed by atoms with Crippen LogP contribution in [0.15, 0.2) is 0 Å². The summed E-state index contributed by atoms with van der Waals surface area (Å²) in [6.45, 7) is 1.45. The first-order chi connectivity index (χ1) is 3.15. The van der Waals surface area contributed by atoms with Gasteiger partial charge in [-0.25, -0.2) is 0 Å². The molecule has 2 nitrogen and oxygen atoms in total. The summed E-state index contributed by atoms with van der Waals surface area (Å²) in [5.74, 6) is 0. The van der Waals surface area contributed by atoms with Gasteiger partial charge in [-0.2, -0.15) is 0 Å². The van der Waals surface area contributed by atoms with Crippen LogP contribution in [-0.2, 0) is 4.79 Å². The second-order valence-electron chi connectivity index (χ2n) is 0.624. The van der Waals surface area contributed by atoms with Gasteiger partial charge in [0, 0.05) is 0 Å². The molecule has 0 saturated heterocycles. The van der Waals surface area contributed by atoms with Gasteiger partial charge < -0.3 is 5.11 Å². The van der Waals surface area contributed by atoms with Gasteiger partial charge in [-0.15, -0.1) is 23.2 Å². The van der Waals surface area contributed by atoms with Gasteiger partial charge in [0.1, 0.15) is 4.84 Å². The van der Waals surface area contributed by atoms with E-state index in [4.69, 9.17) is 33.1 Å². The Morgan fingerprint density at radius 2 is 1.71 bits per heavy atom. The number of hydrogen-bond donors (Lipinski definition) is 1. The average Bonchev–Trinajstić information content (AvgIpc) is 1.33. The Hall–Kier alpha value is 0.0500. The van der Waals surface area contributed by atoms with E-state index >= 15 is 0 Å². The zero-order valence-corrected chi connectivity index (χ0v) is 5.28. The molecule has 0 bridgehead atoms. The number of alkyl halides is 2. The van der Waals surface area contributed by atoms with Crippen LogP contribution in [0.25, 0.3) is 0 Å². The van der Waals surface area contributed by atoms with Crippen LogP contribution in [-0.4, -0.2) is 16.4 Å². The lowest BCUT2D eigenvalue weighted by molar-refractivity contribution is -0.122. The second kappa shape index (κ2) is 9.41. The van der Waals surface area contributed by atoms with Crippen LogP contribution in [0.2, 0.25) is 0 Å². The van der Waals surface area contributed by atoms with Crippen molar-refractivity contribution in [3.8, 4) is 0 Å². The molecule has 1 N–H and O–H groups in total. The average molecular weight is 145 g/mol. The van der Waals surface area contributed by atoms with Crippen molar-refractivity contribution in [1.82, 2.24) is 0 Å². The van der Waals surface area contributed by atoms with E-state index in [0.717, 1.165) is 0 Å². The normalized spacial score (nSPS) is 6.86. The summed E-state index contributed by atoms with van der Waals surface area (Å²) >= 11 is 10.1. The molecular formula is C3H6Cl2O2. The summed E-state index contributed by atoms with van der Waals surface area (Å²) in [7, 11) is 0. The zero-order chi connectivity index (χ0) is 6.28. The Labute approximate surface area is 52.0 Å². The molecule has 0 unspecified atom stereocenters. The molecule has 44 valence electrons. The molecule has 4 heteroatoms. The maximum atomic E-state index is 8.36. The highest BCUT2D eigenvalue weighted by molar-refractivity contribution is 6.43. The largest absolute Gasteiger partial charge is 0.483 e. The molecule has 0 aromatic rings. The molecule has 7 heavy (non-hydrogen) atoms. The van der Waals surface area contributed by atoms with E-state index in [0.29, 0.717) is 0 Å². The standard InChI is InChI=1S/C2H4Cl2.CH2O2/c1-2(3)4;2-1-3/h2H,1H3;1H,(H,2,3). The lowest BCUT2D eigenvalue weighted by atomic mass is 11.0. The summed E-state index contributed by atoms with van der Waals surface area (Å²) in [4.78, 5) is 8.14. The van der Waals surface area contributed by atoms with E-state index in [1.165, 1.54) is 0 Å². The Kier molecular flexibility index (Phi) is 13.6. The maximum Gasteiger partial charge on any atom is 0.290 e. The van der Waals surface area contributed by atoms with E-state index < -0.39 is 0 Å². The Balaban J connectivity index is 0. The zero-order valence-electron chi connectivity index (χ0n) is 3.77. The van der Waals surface area contributed by atoms with Gasteiger partial charge in [-0.1, -0.05) is 0 Å². The molecule has 0 aliphatic heterocycles. The van der Waals surface area contributed by atoms with E-state index in [9.17, 15) is 0 Å². The van der Waals surface area contributed by atoms with Crippen molar-refractivity contribution in [2.75, 3.05) is 0 Å². The van der Waals surface area contributed by atoms with Gasteiger partial charge in [0.2, 0.25) is 0 Å². The Morgan fingerprint density at radius 1 is 1.71 bits per heavy atom. The highest BCUT2D eigenvalue weighted by Gasteiger charge is 1.75. The minimum absolute atomic E-state index is 0.222. The highest BCUT2D eigenvalue weighted by Crippen LogP contribution is 1.95. The van der Waals surface area contributed by atoms with Crippen LogP contribution in [0.3, 0.4) is 0 Å². The first kappa shape index (κ1) is 10.1. The second-order valence-corrected chi connectivity index (χ2v) is 2.16. The topological polar surface area (TPSA) is 37.3 Å². The van der Waals surface area contributed by atoms with Crippen molar-refractivity contribution in [2.24, 2.45) is 0 Å². The molecule has 0 heterocycles. The van der Waals surface area contributed by atoms with Gasteiger partial charge in [0.05, 0.1) is 0 Å². The smallest absolute Gasteiger partial charge is 0.290 e. The molecule has 0 rings (SSSR count). The fourth-order valence-electron chi connectivity index (χ4n) is 0. The molecule has 0 spiro atoms. The van der Waals surface area contributed by atoms with Gasteiger partial charge in [0.25, 0.3) is 6.47 Å². The van der Waals surface area contributed by atoms with Crippen LogP contribution in [0.4, 0.5) is 0 Å². The molecular weight excluding hydrogens is 139 g/mol. The van der Waals surface area contributed by atoms with Crippen LogP contribution < -0.4 is 0 Å². The fourth-order valence-corrected chi connectivity index (χ4v) is 0. The number of hydrogen-bond acceptors (Lipinski definition) is 1. The van der Waals surface area contributed by atoms with E-state index in [1.54, 1.807) is 6.92 Å². The number of carboxylic acid groups (broad SMARTS) is 1. The third kappa shape index (κ3) is 39700. The van der Waals surface area contributed by atoms with Crippen molar-refractivity contribution in [2.45, 2.75) is 11.8 Å². The molecule has 0 aromatic carbocycles. The summed E-state index contributed by atoms with van der Waals surface area (Å²) in [5.41, 5.74) is 0. The lowest BCUT2D eigenvalue weighted by Crippen LogP contribution is -1.63. The van der Waals surface area contributed by atoms with Crippen molar-refractivity contribution in [3.05, 3.63) is 0 Å².